The van der Waals surface area contributed by atoms with E-state index >= 15 is 0 Å². The van der Waals surface area contributed by atoms with Crippen LogP contribution in [0.4, 0.5) is 0 Å². The number of ether oxygens (including phenoxy) is 1. The van der Waals surface area contributed by atoms with E-state index in [2.05, 4.69) is 22.8 Å². The number of hydrogen-bond acceptors (Lipinski definition) is 5. The van der Waals surface area contributed by atoms with Gasteiger partial charge in [0.1, 0.15) is 0 Å². The summed E-state index contributed by atoms with van der Waals surface area (Å²) in [5.74, 6) is 0. The van der Waals surface area contributed by atoms with Gasteiger partial charge in [-0.2, -0.15) is 0 Å². The minimum Gasteiger partial charge on any atom is -1.00 e. The van der Waals surface area contributed by atoms with Crippen LogP contribution in [0.5, 0.6) is 0 Å². The largest absolute Gasteiger partial charge is 1.00 e. The predicted octanol–water partition coefficient (Wildman–Crippen LogP) is -5.87. The summed E-state index contributed by atoms with van der Waals surface area (Å²) in [6.45, 7) is 8.33. The maximum absolute atomic E-state index is 8.64. The van der Waals surface area contributed by atoms with Gasteiger partial charge in [-0.25, -0.2) is 0 Å². The third-order valence-corrected chi connectivity index (χ3v) is 0.206. The van der Waals surface area contributed by atoms with E-state index in [-0.39, 0.29) is 111 Å². The van der Waals surface area contributed by atoms with Crippen LogP contribution in [0.15, 0.2) is 25.5 Å². The first-order chi connectivity index (χ1) is 6.24. The van der Waals surface area contributed by atoms with E-state index in [1.54, 1.807) is 13.2 Å². The number of hydrogen-bond donors (Lipinski definition) is 1. The van der Waals surface area contributed by atoms with Gasteiger partial charge in [0, 0.05) is 7.11 Å². The van der Waals surface area contributed by atoms with Gasteiger partial charge in [0.25, 0.3) is 6.47 Å². The molecule has 0 aromatic heterocycles. The zero-order valence-electron chi connectivity index (χ0n) is 11.2. The van der Waals surface area contributed by atoms with Gasteiger partial charge >= 0.3 is 103 Å². The molecule has 0 fully saturated rings. The summed E-state index contributed by atoms with van der Waals surface area (Å²) < 4.78 is 4.31. The molecule has 15 heavy (non-hydrogen) atoms. The number of methoxy groups -OCH3 is 1. The fraction of sp³-hybridized carbons (Fsp3) is 0.375. The number of carbonyl (C=O) groups is 1. The maximum atomic E-state index is 8.64. The fourth-order valence-electron chi connectivity index (χ4n) is 0. The van der Waals surface area contributed by atoms with Crippen molar-refractivity contribution in [1.82, 2.24) is 0 Å². The van der Waals surface area contributed by atoms with E-state index in [9.17, 15) is 0 Å². The Kier molecular flexibility index (Phi) is 177. The molecule has 0 spiro atoms. The molecule has 82 valence electrons. The molecule has 0 aromatic carbocycles. The monoisotopic (exact) mass is 272 g/mol. The number of rotatable bonds is 2. The Morgan fingerprint density at radius 2 is 1.47 bits per heavy atom. The molecule has 7 heteroatoms. The normalized spacial score (nSPS) is 4.07. The van der Waals surface area contributed by atoms with Crippen molar-refractivity contribution in [2.45, 2.75) is 6.92 Å². The predicted molar refractivity (Wildman–Crippen MR) is 49.5 cm³/mol. The first-order valence-corrected chi connectivity index (χ1v) is 3.12. The Morgan fingerprint density at radius 1 is 1.33 bits per heavy atom. The molecule has 0 heterocycles. The molecule has 0 atom stereocenters. The molecule has 0 aliphatic rings. The van der Waals surface area contributed by atoms with Crippen LogP contribution in [0.1, 0.15) is 8.35 Å². The summed E-state index contributed by atoms with van der Waals surface area (Å²) in [7, 11) is 2.56. The average Bonchev–Trinajstić information content (AvgIpc) is 2.22. The smallest absolute Gasteiger partial charge is 1.00 e. The number of carbonyl (C=O) groups excluding carboxylic acids is 1. The van der Waals surface area contributed by atoms with Gasteiger partial charge in [-0.1, -0.05) is 12.7 Å². The average molecular weight is 272 g/mol. The van der Waals surface area contributed by atoms with Gasteiger partial charge in [-0.15, -0.1) is 6.58 Å². The molecule has 0 aliphatic heterocycles. The molecule has 0 aliphatic carbocycles. The standard InChI is InChI=1S/C3H6O.C3H6.CH2O3.CH4O.2K.H/c1-3-4-2;1-3-2;2-1-4-3;1-2;;;/h3H,1H2,2H3;3H,1H2,2H3;1,3H;2H,1H3;;;/q;;;;2*+1;-1/p-1. The third-order valence-electron chi connectivity index (χ3n) is 0.206. The minimum absolute atomic E-state index is 0. The summed E-state index contributed by atoms with van der Waals surface area (Å²) >= 11 is 0. The Bertz CT molecular complexity index is 88.5. The number of aliphatic hydroxyl groups excluding tert-OH is 1. The molecular formula is C8H18K2O5. The minimum atomic E-state index is -0.181. The zero-order chi connectivity index (χ0) is 11.5. The molecule has 5 nitrogen and oxygen atoms in total. The van der Waals surface area contributed by atoms with Crippen LogP contribution in [0, 0.1) is 0 Å². The van der Waals surface area contributed by atoms with Crippen molar-refractivity contribution in [1.29, 1.82) is 0 Å². The van der Waals surface area contributed by atoms with Crippen molar-refractivity contribution < 1.29 is 129 Å². The van der Waals surface area contributed by atoms with Crippen molar-refractivity contribution in [3.8, 4) is 0 Å². The summed E-state index contributed by atoms with van der Waals surface area (Å²) in [5, 5.41) is 15.4. The molecule has 1 N–H and O–H groups in total. The quantitative estimate of drug-likeness (QED) is 0.135. The van der Waals surface area contributed by atoms with Crippen LogP contribution in [0.2, 0.25) is 0 Å². The number of allylic oxidation sites excluding steroid dienone is 1. The molecule has 0 radical (unpaired) electrons. The molecule has 0 aromatic rings. The van der Waals surface area contributed by atoms with E-state index in [1.807, 2.05) is 6.92 Å². The van der Waals surface area contributed by atoms with E-state index < -0.39 is 0 Å². The second-order valence-corrected chi connectivity index (χ2v) is 1.00. The van der Waals surface area contributed by atoms with Gasteiger partial charge in [-0.3, -0.25) is 4.79 Å². The van der Waals surface area contributed by atoms with Crippen LogP contribution in [0.3, 0.4) is 0 Å². The molecule has 0 bridgehead atoms. The van der Waals surface area contributed by atoms with Crippen molar-refractivity contribution in [3.05, 3.63) is 25.5 Å². The van der Waals surface area contributed by atoms with E-state index in [4.69, 9.17) is 15.2 Å². The van der Waals surface area contributed by atoms with Gasteiger partial charge in [0.2, 0.25) is 0 Å². The molecule has 0 saturated heterocycles. The maximum Gasteiger partial charge on any atom is 1.00 e. The van der Waals surface area contributed by atoms with Gasteiger partial charge in [-0.05, 0) is 6.92 Å². The van der Waals surface area contributed by atoms with Crippen LogP contribution < -0.4 is 108 Å². The Hall–Kier alpha value is 1.94. The van der Waals surface area contributed by atoms with Crippen LogP contribution in [-0.4, -0.2) is 25.8 Å². The van der Waals surface area contributed by atoms with Gasteiger partial charge in [0.05, 0.1) is 13.4 Å². The van der Waals surface area contributed by atoms with E-state index in [1.165, 1.54) is 6.26 Å². The Morgan fingerprint density at radius 3 is 1.47 bits per heavy atom. The van der Waals surface area contributed by atoms with E-state index in [0.29, 0.717) is 0 Å². The Balaban J connectivity index is -0.0000000131. The van der Waals surface area contributed by atoms with Crippen LogP contribution in [-0.2, 0) is 14.4 Å². The summed E-state index contributed by atoms with van der Waals surface area (Å²) in [5.41, 5.74) is 0. The topological polar surface area (TPSA) is 78.8 Å². The van der Waals surface area contributed by atoms with Gasteiger partial charge in [0.15, 0.2) is 0 Å². The van der Waals surface area contributed by atoms with Crippen molar-refractivity contribution >= 4 is 6.47 Å². The van der Waals surface area contributed by atoms with Crippen molar-refractivity contribution in [2.75, 3.05) is 14.2 Å². The summed E-state index contributed by atoms with van der Waals surface area (Å²) in [4.78, 5) is 11.2. The van der Waals surface area contributed by atoms with Crippen molar-refractivity contribution in [3.63, 3.8) is 0 Å². The second kappa shape index (κ2) is 73.9. The van der Waals surface area contributed by atoms with Gasteiger partial charge < -0.3 is 21.4 Å². The molecule has 0 saturated carbocycles. The summed E-state index contributed by atoms with van der Waals surface area (Å²) in [6.07, 6.45) is 3.12. The Labute approximate surface area is 178 Å². The molecule has 0 rings (SSSR count). The first kappa shape index (κ1) is 36.0. The van der Waals surface area contributed by atoms with Crippen molar-refractivity contribution in [2.24, 2.45) is 0 Å². The van der Waals surface area contributed by atoms with Crippen LogP contribution >= 0.6 is 0 Å². The fourth-order valence-corrected chi connectivity index (χ4v) is 0. The van der Waals surface area contributed by atoms with E-state index in [0.717, 1.165) is 7.11 Å². The zero-order valence-corrected chi connectivity index (χ0v) is 16.5. The first-order valence-electron chi connectivity index (χ1n) is 3.12. The van der Waals surface area contributed by atoms with Crippen LogP contribution in [0.25, 0.3) is 0 Å². The summed E-state index contributed by atoms with van der Waals surface area (Å²) in [6, 6.07) is 0. The molecular weight excluding hydrogens is 254 g/mol. The second-order valence-electron chi connectivity index (χ2n) is 1.00. The molecule has 0 amide bonds. The number of aliphatic hydroxyl groups is 1. The molecule has 0 unspecified atom stereocenters. The third kappa shape index (κ3) is 199. The SMILES string of the molecule is C=CC.C=COC.CO.O=CO[O-].[H-].[K+].[K+].